The molecule has 7 rings (SSSR count). The highest BCUT2D eigenvalue weighted by atomic mass is 16.5. The van der Waals surface area contributed by atoms with E-state index in [0.717, 1.165) is 23.4 Å². The first-order valence-corrected chi connectivity index (χ1v) is 14.1. The largest absolute Gasteiger partial charge is 0.488 e. The summed E-state index contributed by atoms with van der Waals surface area (Å²) in [6.07, 6.45) is 7.75. The predicted molar refractivity (Wildman–Crippen MR) is 166 cm³/mol. The maximum Gasteiger partial charge on any atom is 0.128 e. The van der Waals surface area contributed by atoms with Crippen molar-refractivity contribution in [2.45, 2.75) is 31.9 Å². The molecule has 2 aliphatic rings. The Morgan fingerprint density at radius 3 is 2.62 bits per heavy atom. The molecule has 0 amide bonds. The number of benzene rings is 5. The molecule has 196 valence electrons. The number of anilines is 1. The molecule has 1 aliphatic heterocycles. The first-order chi connectivity index (χ1) is 19.7. The lowest BCUT2D eigenvalue weighted by Gasteiger charge is -2.37. The maximum absolute atomic E-state index is 6.29. The van der Waals surface area contributed by atoms with E-state index in [0.29, 0.717) is 18.4 Å². The molecule has 0 aromatic heterocycles. The Kier molecular flexibility index (Phi) is 6.41. The number of nitrogens with one attached hydrogen (secondary N) is 1. The Morgan fingerprint density at radius 2 is 1.70 bits per heavy atom. The van der Waals surface area contributed by atoms with E-state index < -0.39 is 0 Å². The van der Waals surface area contributed by atoms with Crippen LogP contribution in [-0.2, 0) is 6.61 Å². The molecule has 0 unspecified atom stereocenters. The summed E-state index contributed by atoms with van der Waals surface area (Å²) in [5, 5.41) is 6.29. The number of aryl methyl sites for hydroxylation is 1. The third-order valence-electron chi connectivity index (χ3n) is 8.31. The molecule has 5 aromatic carbocycles. The van der Waals surface area contributed by atoms with Gasteiger partial charge >= 0.3 is 0 Å². The van der Waals surface area contributed by atoms with Crippen LogP contribution in [0, 0.1) is 12.8 Å². The van der Waals surface area contributed by atoms with Gasteiger partial charge in [0.15, 0.2) is 0 Å². The van der Waals surface area contributed by atoms with Crippen LogP contribution in [0.2, 0.25) is 0 Å². The van der Waals surface area contributed by atoms with Crippen LogP contribution >= 0.6 is 0 Å². The molecule has 1 aliphatic carbocycles. The highest BCUT2D eigenvalue weighted by Gasteiger charge is 2.37. The molecule has 40 heavy (non-hydrogen) atoms. The van der Waals surface area contributed by atoms with Gasteiger partial charge in [-0.3, -0.25) is 4.99 Å². The summed E-state index contributed by atoms with van der Waals surface area (Å²) in [6.45, 7) is 2.68. The van der Waals surface area contributed by atoms with Gasteiger partial charge in [0.25, 0.3) is 0 Å². The number of para-hydroxylation sites is 1. The minimum Gasteiger partial charge on any atom is -0.488 e. The average Bonchev–Trinajstić information content (AvgIpc) is 3.50. The number of hydrogen-bond donors (Lipinski definition) is 1. The zero-order valence-corrected chi connectivity index (χ0v) is 22.6. The van der Waals surface area contributed by atoms with Crippen LogP contribution in [0.5, 0.6) is 5.75 Å². The zero-order chi connectivity index (χ0) is 26.9. The Labute approximate surface area is 235 Å². The van der Waals surface area contributed by atoms with Gasteiger partial charge in [-0.1, -0.05) is 96.6 Å². The van der Waals surface area contributed by atoms with Crippen molar-refractivity contribution in [1.82, 2.24) is 0 Å². The molecule has 3 nitrogen and oxygen atoms in total. The van der Waals surface area contributed by atoms with E-state index in [4.69, 9.17) is 9.73 Å². The highest BCUT2D eigenvalue weighted by molar-refractivity contribution is 5.86. The minimum absolute atomic E-state index is 0.288. The fourth-order valence-electron chi connectivity index (χ4n) is 6.25. The number of fused-ring (bicyclic) bond motifs is 4. The predicted octanol–water partition coefficient (Wildman–Crippen LogP) is 9.30. The molecule has 0 saturated heterocycles. The molecule has 5 aromatic rings. The second-order valence-corrected chi connectivity index (χ2v) is 10.9. The molecule has 0 fully saturated rings. The summed E-state index contributed by atoms with van der Waals surface area (Å²) >= 11 is 0. The van der Waals surface area contributed by atoms with Crippen LogP contribution in [-0.4, -0.2) is 6.21 Å². The van der Waals surface area contributed by atoms with Gasteiger partial charge in [0.2, 0.25) is 0 Å². The van der Waals surface area contributed by atoms with Crippen LogP contribution in [0.25, 0.3) is 10.8 Å². The number of aliphatic imine (C=N–C) groups is 1. The number of rotatable bonds is 6. The first kappa shape index (κ1) is 24.4. The molecule has 0 bridgehead atoms. The van der Waals surface area contributed by atoms with E-state index in [2.05, 4.69) is 115 Å². The summed E-state index contributed by atoms with van der Waals surface area (Å²) in [5.74, 6) is 1.84. The fraction of sp³-hybridized carbons (Fsp3) is 0.162. The number of nitrogens with zero attached hydrogens (tertiary/aromatic N) is 1. The standard InChI is InChI=1S/C37H32N2O/c1-25-16-21-35-34(22-25)32-13-7-14-33(32)37(39-35)27-17-19-30(20-18-27)38-23-28-9-3-5-15-36(28)40-24-29-11-6-10-26-8-2-4-12-31(26)29/h2-13,15-23,32-33,37,39H,14,24H2,1H3/t32-,33+,37+/m1/s1. The van der Waals surface area contributed by atoms with Gasteiger partial charge in [-0.25, -0.2) is 0 Å². The van der Waals surface area contributed by atoms with Crippen molar-refractivity contribution >= 4 is 28.4 Å². The van der Waals surface area contributed by atoms with E-state index in [1.54, 1.807) is 0 Å². The van der Waals surface area contributed by atoms with Gasteiger partial charge in [-0.2, -0.15) is 0 Å². The number of ether oxygens (including phenoxy) is 1. The zero-order valence-electron chi connectivity index (χ0n) is 22.6. The van der Waals surface area contributed by atoms with E-state index in [1.807, 2.05) is 24.4 Å². The summed E-state index contributed by atoms with van der Waals surface area (Å²) < 4.78 is 6.29. The van der Waals surface area contributed by atoms with E-state index >= 15 is 0 Å². The second-order valence-electron chi connectivity index (χ2n) is 10.9. The van der Waals surface area contributed by atoms with Crippen molar-refractivity contribution < 1.29 is 4.74 Å². The molecule has 3 atom stereocenters. The molecular weight excluding hydrogens is 488 g/mol. The molecule has 0 radical (unpaired) electrons. The third kappa shape index (κ3) is 4.69. The summed E-state index contributed by atoms with van der Waals surface area (Å²) in [7, 11) is 0. The molecule has 1 heterocycles. The second kappa shape index (κ2) is 10.5. The monoisotopic (exact) mass is 520 g/mol. The van der Waals surface area contributed by atoms with Gasteiger partial charge in [-0.05, 0) is 77.1 Å². The van der Waals surface area contributed by atoms with Crippen LogP contribution < -0.4 is 10.1 Å². The Balaban J connectivity index is 1.08. The molecule has 3 heteroatoms. The van der Waals surface area contributed by atoms with E-state index in [-0.39, 0.29) is 6.04 Å². The summed E-state index contributed by atoms with van der Waals surface area (Å²) in [6, 6.07) is 38.6. The van der Waals surface area contributed by atoms with Crippen molar-refractivity contribution in [2.24, 2.45) is 10.9 Å². The van der Waals surface area contributed by atoms with Crippen molar-refractivity contribution in [3.05, 3.63) is 149 Å². The van der Waals surface area contributed by atoms with Crippen LogP contribution in [0.15, 0.2) is 126 Å². The Morgan fingerprint density at radius 1 is 0.875 bits per heavy atom. The van der Waals surface area contributed by atoms with Crippen molar-refractivity contribution in [1.29, 1.82) is 0 Å². The Hall–Kier alpha value is -4.63. The van der Waals surface area contributed by atoms with Crippen LogP contribution in [0.4, 0.5) is 11.4 Å². The van der Waals surface area contributed by atoms with Crippen molar-refractivity contribution in [3.8, 4) is 5.75 Å². The lowest BCUT2D eigenvalue weighted by atomic mass is 9.76. The number of hydrogen-bond acceptors (Lipinski definition) is 3. The summed E-state index contributed by atoms with van der Waals surface area (Å²) in [5.41, 5.74) is 8.38. The van der Waals surface area contributed by atoms with Gasteiger partial charge in [0, 0.05) is 23.4 Å². The normalized spacial score (nSPS) is 19.4. The van der Waals surface area contributed by atoms with Crippen molar-refractivity contribution in [2.75, 3.05) is 5.32 Å². The number of allylic oxidation sites excluding steroid dienone is 2. The molecule has 1 N–H and O–H groups in total. The quantitative estimate of drug-likeness (QED) is 0.179. The fourth-order valence-corrected chi connectivity index (χ4v) is 6.25. The molecular formula is C37H32N2O. The minimum atomic E-state index is 0.288. The Bertz CT molecular complexity index is 1730. The van der Waals surface area contributed by atoms with E-state index in [9.17, 15) is 0 Å². The third-order valence-corrected chi connectivity index (χ3v) is 8.31. The highest BCUT2D eigenvalue weighted by Crippen LogP contribution is 2.50. The lowest BCUT2D eigenvalue weighted by molar-refractivity contribution is 0.307. The topological polar surface area (TPSA) is 33.6 Å². The lowest BCUT2D eigenvalue weighted by Crippen LogP contribution is -2.29. The van der Waals surface area contributed by atoms with E-state index in [1.165, 1.54) is 38.7 Å². The van der Waals surface area contributed by atoms with Gasteiger partial charge in [-0.15, -0.1) is 0 Å². The van der Waals surface area contributed by atoms with Crippen LogP contribution in [0.1, 0.15) is 46.2 Å². The first-order valence-electron chi connectivity index (χ1n) is 14.1. The van der Waals surface area contributed by atoms with Gasteiger partial charge < -0.3 is 10.1 Å². The van der Waals surface area contributed by atoms with Crippen molar-refractivity contribution in [3.63, 3.8) is 0 Å². The molecule has 0 saturated carbocycles. The average molecular weight is 521 g/mol. The van der Waals surface area contributed by atoms with Gasteiger partial charge in [0.05, 0.1) is 11.7 Å². The SMILES string of the molecule is Cc1ccc2c(c1)[C@@H]1C=CC[C@@H]1[C@H](c1ccc(N=Cc3ccccc3OCc3cccc4ccccc34)cc1)N2. The maximum atomic E-state index is 6.29. The smallest absolute Gasteiger partial charge is 0.128 e. The van der Waals surface area contributed by atoms with Gasteiger partial charge in [0.1, 0.15) is 12.4 Å². The summed E-state index contributed by atoms with van der Waals surface area (Å²) in [4.78, 5) is 4.80. The molecule has 0 spiro atoms. The van der Waals surface area contributed by atoms with Crippen LogP contribution in [0.3, 0.4) is 0 Å².